The maximum atomic E-state index is 14.4. The lowest BCUT2D eigenvalue weighted by Gasteiger charge is -2.19. The van der Waals surface area contributed by atoms with Crippen LogP contribution in [0, 0.1) is 0 Å². The number of aryl methyl sites for hydroxylation is 1. The van der Waals surface area contributed by atoms with Gasteiger partial charge in [0, 0.05) is 17.7 Å². The van der Waals surface area contributed by atoms with Crippen LogP contribution in [-0.2, 0) is 11.6 Å². The van der Waals surface area contributed by atoms with Gasteiger partial charge in [0.2, 0.25) is 0 Å². The van der Waals surface area contributed by atoms with Crippen LogP contribution < -0.4 is 21.6 Å². The third-order valence-electron chi connectivity index (χ3n) is 4.50. The van der Waals surface area contributed by atoms with E-state index in [0.29, 0.717) is 21.6 Å². The van der Waals surface area contributed by atoms with Crippen molar-refractivity contribution in [2.24, 2.45) is 7.05 Å². The molecule has 0 radical (unpaired) electrons. The van der Waals surface area contributed by atoms with Gasteiger partial charge >= 0.3 is 0 Å². The Labute approximate surface area is 151 Å². The standard InChI is InChI=1S/C21H17N2O2P/c1-23-19-15-9-8-14-18(19)22-20(21(23)24)26(25,16-10-4-2-5-11-16)17-12-6-3-7-13-17/h2-15H,1H3. The molecule has 0 fully saturated rings. The molecule has 0 N–H and O–H groups in total. The second-order valence-corrected chi connectivity index (χ2v) is 8.74. The van der Waals surface area contributed by atoms with Crippen molar-refractivity contribution in [2.45, 2.75) is 0 Å². The van der Waals surface area contributed by atoms with Crippen molar-refractivity contribution in [1.29, 1.82) is 0 Å². The summed E-state index contributed by atoms with van der Waals surface area (Å²) in [7, 11) is -1.70. The Morgan fingerprint density at radius 2 is 1.27 bits per heavy atom. The zero-order chi connectivity index (χ0) is 18.1. The second-order valence-electron chi connectivity index (χ2n) is 6.07. The van der Waals surface area contributed by atoms with Crippen molar-refractivity contribution in [3.63, 3.8) is 0 Å². The molecule has 26 heavy (non-hydrogen) atoms. The molecule has 128 valence electrons. The van der Waals surface area contributed by atoms with E-state index < -0.39 is 7.14 Å². The first-order chi connectivity index (χ1) is 12.6. The van der Waals surface area contributed by atoms with E-state index in [-0.39, 0.29) is 11.0 Å². The van der Waals surface area contributed by atoms with Gasteiger partial charge in [0.25, 0.3) is 5.56 Å². The molecule has 0 aliphatic carbocycles. The minimum absolute atomic E-state index is 0.0936. The van der Waals surface area contributed by atoms with E-state index in [1.54, 1.807) is 31.3 Å². The van der Waals surface area contributed by atoms with Crippen LogP contribution in [-0.4, -0.2) is 9.55 Å². The summed E-state index contributed by atoms with van der Waals surface area (Å²) in [5.41, 5.74) is 1.13. The predicted molar refractivity (Wildman–Crippen MR) is 106 cm³/mol. The molecule has 0 saturated carbocycles. The summed E-state index contributed by atoms with van der Waals surface area (Å²) in [4.78, 5) is 17.7. The minimum Gasteiger partial charge on any atom is -0.308 e. The average molecular weight is 360 g/mol. The molecule has 4 rings (SSSR count). The van der Waals surface area contributed by atoms with E-state index in [9.17, 15) is 9.36 Å². The maximum absolute atomic E-state index is 14.4. The molecule has 4 aromatic rings. The lowest BCUT2D eigenvalue weighted by atomic mass is 10.3. The second kappa shape index (κ2) is 6.40. The Morgan fingerprint density at radius 1 is 0.769 bits per heavy atom. The molecule has 0 atom stereocenters. The van der Waals surface area contributed by atoms with E-state index in [2.05, 4.69) is 4.98 Å². The van der Waals surface area contributed by atoms with Gasteiger partial charge in [-0.05, 0) is 12.1 Å². The highest BCUT2D eigenvalue weighted by Gasteiger charge is 2.34. The normalized spacial score (nSPS) is 11.6. The van der Waals surface area contributed by atoms with Gasteiger partial charge in [0.1, 0.15) is 0 Å². The average Bonchev–Trinajstić information content (AvgIpc) is 2.71. The molecule has 0 spiro atoms. The number of hydrogen-bond donors (Lipinski definition) is 0. The van der Waals surface area contributed by atoms with Gasteiger partial charge in [-0.15, -0.1) is 0 Å². The van der Waals surface area contributed by atoms with Crippen LogP contribution in [0.3, 0.4) is 0 Å². The van der Waals surface area contributed by atoms with Gasteiger partial charge in [-0.3, -0.25) is 4.79 Å². The summed E-state index contributed by atoms with van der Waals surface area (Å²) in [6.45, 7) is 0. The van der Waals surface area contributed by atoms with Gasteiger partial charge in [-0.2, -0.15) is 0 Å². The molecular formula is C21H17N2O2P. The topological polar surface area (TPSA) is 52.0 Å². The fourth-order valence-electron chi connectivity index (χ4n) is 3.14. The summed E-state index contributed by atoms with van der Waals surface area (Å²) < 4.78 is 15.9. The van der Waals surface area contributed by atoms with Gasteiger partial charge < -0.3 is 9.13 Å². The Kier molecular flexibility index (Phi) is 4.06. The van der Waals surface area contributed by atoms with E-state index in [0.717, 1.165) is 0 Å². The van der Waals surface area contributed by atoms with Crippen LogP contribution in [0.25, 0.3) is 11.0 Å². The quantitative estimate of drug-likeness (QED) is 0.528. The Bertz CT molecular complexity index is 1140. The van der Waals surface area contributed by atoms with Crippen LogP contribution >= 0.6 is 7.14 Å². The summed E-state index contributed by atoms with van der Waals surface area (Å²) >= 11 is 0. The summed E-state index contributed by atoms with van der Waals surface area (Å²) in [6, 6.07) is 25.6. The molecular weight excluding hydrogens is 343 g/mol. The zero-order valence-corrected chi connectivity index (χ0v) is 15.1. The molecule has 1 aromatic heterocycles. The number of nitrogens with zero attached hydrogens (tertiary/aromatic N) is 2. The number of rotatable bonds is 3. The fourth-order valence-corrected chi connectivity index (χ4v) is 5.78. The summed E-state index contributed by atoms with van der Waals surface area (Å²) in [5.74, 6) is 0. The summed E-state index contributed by atoms with van der Waals surface area (Å²) in [6.07, 6.45) is 0. The smallest absolute Gasteiger partial charge is 0.280 e. The van der Waals surface area contributed by atoms with Crippen molar-refractivity contribution in [2.75, 3.05) is 0 Å². The molecule has 5 heteroatoms. The highest BCUT2D eigenvalue weighted by molar-refractivity contribution is 7.85. The Morgan fingerprint density at radius 3 is 1.85 bits per heavy atom. The van der Waals surface area contributed by atoms with Gasteiger partial charge in [-0.25, -0.2) is 4.98 Å². The molecule has 0 aliphatic rings. The first-order valence-electron chi connectivity index (χ1n) is 8.30. The van der Waals surface area contributed by atoms with Gasteiger partial charge in [-0.1, -0.05) is 72.8 Å². The lowest BCUT2D eigenvalue weighted by molar-refractivity contribution is 0.591. The monoisotopic (exact) mass is 360 g/mol. The van der Waals surface area contributed by atoms with Crippen LogP contribution in [0.4, 0.5) is 0 Å². The number of fused-ring (bicyclic) bond motifs is 1. The predicted octanol–water partition coefficient (Wildman–Crippen LogP) is 2.57. The van der Waals surface area contributed by atoms with E-state index in [1.165, 1.54) is 4.57 Å². The van der Waals surface area contributed by atoms with Crippen LogP contribution in [0.1, 0.15) is 0 Å². The minimum atomic E-state index is -3.39. The van der Waals surface area contributed by atoms with Crippen molar-refractivity contribution >= 4 is 34.2 Å². The molecule has 4 nitrogen and oxygen atoms in total. The molecule has 0 aliphatic heterocycles. The highest BCUT2D eigenvalue weighted by Crippen LogP contribution is 2.40. The zero-order valence-electron chi connectivity index (χ0n) is 14.2. The van der Waals surface area contributed by atoms with Crippen molar-refractivity contribution in [3.8, 4) is 0 Å². The van der Waals surface area contributed by atoms with Crippen molar-refractivity contribution in [3.05, 3.63) is 95.3 Å². The van der Waals surface area contributed by atoms with Crippen molar-refractivity contribution < 1.29 is 4.57 Å². The number of benzene rings is 3. The Hall–Kier alpha value is -2.97. The Balaban J connectivity index is 2.12. The largest absolute Gasteiger partial charge is 0.308 e. The first-order valence-corrected chi connectivity index (χ1v) is 10.0. The number of para-hydroxylation sites is 2. The fraction of sp³-hybridized carbons (Fsp3) is 0.0476. The molecule has 1 heterocycles. The molecule has 3 aromatic carbocycles. The van der Waals surface area contributed by atoms with Crippen LogP contribution in [0.5, 0.6) is 0 Å². The van der Waals surface area contributed by atoms with E-state index in [1.807, 2.05) is 60.7 Å². The third-order valence-corrected chi connectivity index (χ3v) is 7.44. The lowest BCUT2D eigenvalue weighted by Crippen LogP contribution is -2.41. The number of hydrogen-bond acceptors (Lipinski definition) is 3. The molecule has 0 bridgehead atoms. The molecule has 0 unspecified atom stereocenters. The number of aromatic nitrogens is 2. The van der Waals surface area contributed by atoms with E-state index in [4.69, 9.17) is 0 Å². The maximum Gasteiger partial charge on any atom is 0.280 e. The third kappa shape index (κ3) is 2.51. The molecule has 0 amide bonds. The summed E-state index contributed by atoms with van der Waals surface area (Å²) in [5, 5.41) is 1.21. The van der Waals surface area contributed by atoms with Crippen LogP contribution in [0.15, 0.2) is 89.7 Å². The first kappa shape index (κ1) is 16.5. The van der Waals surface area contributed by atoms with Gasteiger partial charge in [0.15, 0.2) is 12.6 Å². The van der Waals surface area contributed by atoms with Crippen LogP contribution in [0.2, 0.25) is 0 Å². The van der Waals surface area contributed by atoms with Crippen molar-refractivity contribution in [1.82, 2.24) is 9.55 Å². The SMILES string of the molecule is Cn1c(=O)c(P(=O)(c2ccccc2)c2ccccc2)nc2ccccc21. The molecule has 0 saturated heterocycles. The van der Waals surface area contributed by atoms with E-state index >= 15 is 0 Å². The van der Waals surface area contributed by atoms with Gasteiger partial charge in [0.05, 0.1) is 11.0 Å². The highest BCUT2D eigenvalue weighted by atomic mass is 31.2.